The van der Waals surface area contributed by atoms with Gasteiger partial charge in [0, 0.05) is 18.1 Å². The fraction of sp³-hybridized carbons (Fsp3) is 0.211. The molecule has 0 amide bonds. The van der Waals surface area contributed by atoms with Crippen LogP contribution in [0.3, 0.4) is 0 Å². The Hall–Kier alpha value is -3.15. The summed E-state index contributed by atoms with van der Waals surface area (Å²) in [6.45, 7) is 3.63. The maximum atomic E-state index is 12.4. The number of hydroxylamine groups is 1. The molecule has 0 saturated heterocycles. The van der Waals surface area contributed by atoms with Gasteiger partial charge in [-0.15, -0.1) is 0 Å². The van der Waals surface area contributed by atoms with Crippen molar-refractivity contribution in [1.82, 2.24) is 0 Å². The minimum atomic E-state index is -0.386. The highest BCUT2D eigenvalue weighted by Crippen LogP contribution is 2.13. The minimum Gasteiger partial charge on any atom is -0.623 e. The van der Waals surface area contributed by atoms with E-state index >= 15 is 0 Å². The maximum absolute atomic E-state index is 12.4. The van der Waals surface area contributed by atoms with Crippen LogP contribution < -0.4 is 4.74 Å². The molecule has 0 radical (unpaired) electrons. The van der Waals surface area contributed by atoms with Crippen LogP contribution in [0.5, 0.6) is 5.75 Å². The van der Waals surface area contributed by atoms with Crippen LogP contribution in [0.25, 0.3) is 0 Å². The number of ketones is 1. The molecule has 6 nitrogen and oxygen atoms in total. The molecule has 0 unspecified atom stereocenters. The van der Waals surface area contributed by atoms with Crippen LogP contribution in [0.1, 0.15) is 29.8 Å². The second-order valence-corrected chi connectivity index (χ2v) is 5.32. The van der Waals surface area contributed by atoms with E-state index in [1.54, 1.807) is 48.5 Å². The summed E-state index contributed by atoms with van der Waals surface area (Å²) < 4.78 is 5.86. The summed E-state index contributed by atoms with van der Waals surface area (Å²) in [4.78, 5) is 12.4. The first kappa shape index (κ1) is 18.2. The first-order chi connectivity index (χ1) is 12.1. The zero-order valence-corrected chi connectivity index (χ0v) is 14.2. The summed E-state index contributed by atoms with van der Waals surface area (Å²) in [6.07, 6.45) is 0. The number of benzene rings is 2. The Kier molecular flexibility index (Phi) is 6.28. The number of Topliss-reactive ketones (excluding diaryl/α,β-unsaturated/α-hetero) is 1. The number of ether oxygens (including phenoxy) is 1. The van der Waals surface area contributed by atoms with Crippen molar-refractivity contribution in [1.29, 1.82) is 0 Å². The lowest BCUT2D eigenvalue weighted by atomic mass is 10.1. The molecular weight excluding hydrogens is 320 g/mol. The van der Waals surface area contributed by atoms with Crippen molar-refractivity contribution in [2.75, 3.05) is 13.2 Å². The van der Waals surface area contributed by atoms with E-state index in [1.165, 1.54) is 6.92 Å². The molecule has 1 N–H and O–H groups in total. The van der Waals surface area contributed by atoms with E-state index in [-0.39, 0.29) is 23.8 Å². The average molecular weight is 340 g/mol. The lowest BCUT2D eigenvalue weighted by Gasteiger charge is -2.09. The minimum absolute atomic E-state index is 0.0150. The van der Waals surface area contributed by atoms with Crippen LogP contribution in [0, 0.1) is 5.21 Å². The molecule has 2 rings (SSSR count). The summed E-state index contributed by atoms with van der Waals surface area (Å²) in [5.41, 5.74) is 1.21. The van der Waals surface area contributed by atoms with Crippen LogP contribution in [-0.4, -0.2) is 40.3 Å². The third-order valence-electron chi connectivity index (χ3n) is 3.65. The molecule has 25 heavy (non-hydrogen) atoms. The first-order valence-corrected chi connectivity index (χ1v) is 7.89. The Bertz CT molecular complexity index is 781. The van der Waals surface area contributed by atoms with Crippen LogP contribution in [-0.2, 0) is 0 Å². The summed E-state index contributed by atoms with van der Waals surface area (Å²) >= 11 is 0. The molecule has 0 saturated carbocycles. The van der Waals surface area contributed by atoms with Crippen molar-refractivity contribution in [2.24, 2.45) is 5.16 Å². The number of oxime groups is 1. The number of nitrogens with zero attached hydrogens (tertiary/aromatic N) is 2. The molecule has 0 aliphatic rings. The molecule has 0 atom stereocenters. The molecule has 0 fully saturated rings. The number of carbonyl (C=O) groups excluding carboxylic acids is 1. The molecular formula is C19H20N2O4. The highest BCUT2D eigenvalue weighted by Gasteiger charge is 2.19. The van der Waals surface area contributed by atoms with Gasteiger partial charge in [0.15, 0.2) is 12.3 Å². The zero-order valence-electron chi connectivity index (χ0n) is 14.2. The van der Waals surface area contributed by atoms with Crippen LogP contribution in [0.15, 0.2) is 59.8 Å². The van der Waals surface area contributed by atoms with Crippen molar-refractivity contribution in [3.8, 4) is 5.75 Å². The van der Waals surface area contributed by atoms with Crippen molar-refractivity contribution < 1.29 is 19.5 Å². The monoisotopic (exact) mass is 340 g/mol. The summed E-state index contributed by atoms with van der Waals surface area (Å²) in [7, 11) is 0. The van der Waals surface area contributed by atoms with Crippen molar-refractivity contribution in [3.05, 3.63) is 70.9 Å². The number of hydrogen-bond acceptors (Lipinski definition) is 5. The predicted octanol–water partition coefficient (Wildman–Crippen LogP) is 3.12. The topological polar surface area (TPSA) is 85.0 Å². The van der Waals surface area contributed by atoms with Gasteiger partial charge in [-0.3, -0.25) is 4.79 Å². The third-order valence-corrected chi connectivity index (χ3v) is 3.65. The van der Waals surface area contributed by atoms with E-state index in [0.29, 0.717) is 28.2 Å². The van der Waals surface area contributed by atoms with Crippen molar-refractivity contribution in [2.45, 2.75) is 13.8 Å². The molecule has 0 heterocycles. The molecule has 0 aliphatic carbocycles. The standard InChI is InChI=1S/C19H20N2O4/c1-3-25-17-11-9-16(10-12-17)19(22)14(2)21(24)13-18(20-23)15-7-5-4-6-8-15/h4-12,23H,3,13H2,1-2H3/b20-18-,21-14-. The predicted molar refractivity (Wildman–Crippen MR) is 95.9 cm³/mol. The van der Waals surface area contributed by atoms with Gasteiger partial charge in [-0.05, 0) is 31.2 Å². The quantitative estimate of drug-likeness (QED) is 0.210. The van der Waals surface area contributed by atoms with Gasteiger partial charge in [0.2, 0.25) is 5.71 Å². The lowest BCUT2D eigenvalue weighted by Crippen LogP contribution is -2.27. The Morgan fingerprint density at radius 1 is 1.12 bits per heavy atom. The van der Waals surface area contributed by atoms with Gasteiger partial charge in [-0.25, -0.2) is 0 Å². The Labute approximate surface area is 146 Å². The third kappa shape index (κ3) is 4.67. The van der Waals surface area contributed by atoms with E-state index in [9.17, 15) is 10.0 Å². The van der Waals surface area contributed by atoms with Gasteiger partial charge >= 0.3 is 0 Å². The summed E-state index contributed by atoms with van der Waals surface area (Å²) in [5, 5.41) is 24.7. The number of carbonyl (C=O) groups is 1. The summed E-state index contributed by atoms with van der Waals surface area (Å²) in [5.74, 6) is 0.276. The van der Waals surface area contributed by atoms with Gasteiger partial charge < -0.3 is 15.2 Å². The first-order valence-electron chi connectivity index (χ1n) is 7.89. The average Bonchev–Trinajstić information content (AvgIpc) is 2.66. The van der Waals surface area contributed by atoms with E-state index in [1.807, 2.05) is 13.0 Å². The molecule has 0 aromatic heterocycles. The Morgan fingerprint density at radius 3 is 2.32 bits per heavy atom. The SMILES string of the molecule is CCOc1ccc(C(=O)/C(C)=[N+](\[O-])C/C(=N/O)c2ccccc2)cc1. The second kappa shape index (κ2) is 8.63. The number of rotatable bonds is 7. The normalized spacial score (nSPS) is 12.5. The highest BCUT2D eigenvalue weighted by molar-refractivity contribution is 6.43. The maximum Gasteiger partial charge on any atom is 0.252 e. The van der Waals surface area contributed by atoms with Gasteiger partial charge in [-0.2, -0.15) is 4.74 Å². The molecule has 2 aromatic rings. The molecule has 0 bridgehead atoms. The molecule has 130 valence electrons. The zero-order chi connectivity index (χ0) is 18.2. The molecule has 0 aliphatic heterocycles. The van der Waals surface area contributed by atoms with Crippen LogP contribution in [0.4, 0.5) is 0 Å². The highest BCUT2D eigenvalue weighted by atomic mass is 16.5. The molecule has 0 spiro atoms. The molecule has 6 heteroatoms. The van der Waals surface area contributed by atoms with Gasteiger partial charge in [0.05, 0.1) is 6.61 Å². The van der Waals surface area contributed by atoms with E-state index < -0.39 is 0 Å². The van der Waals surface area contributed by atoms with E-state index in [2.05, 4.69) is 5.16 Å². The number of hydrogen-bond donors (Lipinski definition) is 1. The van der Waals surface area contributed by atoms with E-state index in [0.717, 1.165) is 0 Å². The smallest absolute Gasteiger partial charge is 0.252 e. The van der Waals surface area contributed by atoms with Gasteiger partial charge in [0.1, 0.15) is 5.75 Å². The second-order valence-electron chi connectivity index (χ2n) is 5.32. The van der Waals surface area contributed by atoms with Crippen molar-refractivity contribution >= 4 is 17.2 Å². The Balaban J connectivity index is 2.18. The van der Waals surface area contributed by atoms with Crippen molar-refractivity contribution in [3.63, 3.8) is 0 Å². The fourth-order valence-electron chi connectivity index (χ4n) is 2.26. The van der Waals surface area contributed by atoms with E-state index in [4.69, 9.17) is 9.94 Å². The van der Waals surface area contributed by atoms with Crippen LogP contribution in [0.2, 0.25) is 0 Å². The summed E-state index contributed by atoms with van der Waals surface area (Å²) in [6, 6.07) is 15.4. The van der Waals surface area contributed by atoms with Gasteiger partial charge in [-0.1, -0.05) is 35.5 Å². The fourth-order valence-corrected chi connectivity index (χ4v) is 2.26. The van der Waals surface area contributed by atoms with Crippen LogP contribution >= 0.6 is 0 Å². The largest absolute Gasteiger partial charge is 0.623 e. The van der Waals surface area contributed by atoms with Gasteiger partial charge in [0.25, 0.3) is 5.78 Å². The molecule has 2 aromatic carbocycles. The Morgan fingerprint density at radius 2 is 1.76 bits per heavy atom. The lowest BCUT2D eigenvalue weighted by molar-refractivity contribution is -0.439.